The fraction of sp³-hybridized carbons (Fsp3) is 0.214. The number of Topliss-reactive ketones (excluding diaryl/α,β-unsaturated/α-hetero) is 2. The molecule has 0 saturated carbocycles. The van der Waals surface area contributed by atoms with Crippen LogP contribution in [0.5, 0.6) is 23.0 Å². The Labute approximate surface area is 229 Å². The Morgan fingerprint density at radius 2 is 1.28 bits per heavy atom. The van der Waals surface area contributed by atoms with Crippen LogP contribution in [0.25, 0.3) is 0 Å². The maximum absolute atomic E-state index is 12.8. The third-order valence-electron chi connectivity index (χ3n) is 5.43. The second-order valence-electron chi connectivity index (χ2n) is 7.95. The van der Waals surface area contributed by atoms with Gasteiger partial charge in [0.1, 0.15) is 24.7 Å². The lowest BCUT2D eigenvalue weighted by Crippen LogP contribution is -2.37. The summed E-state index contributed by atoms with van der Waals surface area (Å²) in [5.74, 6) is -2.68. The molecule has 39 heavy (non-hydrogen) atoms. The maximum Gasteiger partial charge on any atom is 0.376 e. The van der Waals surface area contributed by atoms with Crippen molar-refractivity contribution in [1.82, 2.24) is 5.32 Å². The van der Waals surface area contributed by atoms with Crippen LogP contribution < -0.4 is 24.3 Å². The van der Waals surface area contributed by atoms with Gasteiger partial charge in [-0.25, -0.2) is 4.79 Å². The minimum atomic E-state index is -1.15. The van der Waals surface area contributed by atoms with Crippen molar-refractivity contribution in [1.29, 1.82) is 0 Å². The minimum Gasteiger partial charge on any atom is -0.497 e. The van der Waals surface area contributed by atoms with Gasteiger partial charge in [0.2, 0.25) is 0 Å². The molecule has 0 radical (unpaired) electrons. The molecule has 0 aliphatic heterocycles. The van der Waals surface area contributed by atoms with Crippen LogP contribution in [0.1, 0.15) is 21.5 Å². The monoisotopic (exact) mass is 555 g/mol. The van der Waals surface area contributed by atoms with Gasteiger partial charge in [-0.15, -0.1) is 0 Å². The number of ketones is 2. The van der Waals surface area contributed by atoms with Crippen molar-refractivity contribution in [3.05, 3.63) is 82.4 Å². The standard InChI is InChI=1S/C28H26ClNO9/c1-35-19-8-4-17(5-9-19)15-38-23-13-12-21(25(32)27(33)30-14-22(31)28(34)37-3)24(29)26(23)39-16-18-6-10-20(36-2)11-7-18/h4-13H,14-16H2,1-3H3,(H,30,33). The fourth-order valence-electron chi connectivity index (χ4n) is 3.27. The van der Waals surface area contributed by atoms with Crippen LogP contribution in [0.3, 0.4) is 0 Å². The number of methoxy groups -OCH3 is 3. The van der Waals surface area contributed by atoms with E-state index in [0.29, 0.717) is 11.5 Å². The molecule has 1 amide bonds. The van der Waals surface area contributed by atoms with Crippen LogP contribution in [0.4, 0.5) is 0 Å². The first kappa shape index (κ1) is 29.0. The van der Waals surface area contributed by atoms with E-state index in [1.165, 1.54) is 12.1 Å². The van der Waals surface area contributed by atoms with Crippen LogP contribution >= 0.6 is 11.6 Å². The van der Waals surface area contributed by atoms with E-state index < -0.39 is 30.0 Å². The SMILES string of the molecule is COC(=O)C(=O)CNC(=O)C(=O)c1ccc(OCc2ccc(OC)cc2)c(OCc2ccc(OC)cc2)c1Cl. The quantitative estimate of drug-likeness (QED) is 0.191. The van der Waals surface area contributed by atoms with Crippen molar-refractivity contribution in [3.8, 4) is 23.0 Å². The average Bonchev–Trinajstić information content (AvgIpc) is 2.97. The van der Waals surface area contributed by atoms with Crippen LogP contribution in [-0.2, 0) is 32.3 Å². The summed E-state index contributed by atoms with van der Waals surface area (Å²) in [5.41, 5.74) is 1.44. The van der Waals surface area contributed by atoms with E-state index in [-0.39, 0.29) is 35.3 Å². The summed E-state index contributed by atoms with van der Waals surface area (Å²) in [7, 11) is 4.15. The molecule has 0 spiro atoms. The fourth-order valence-corrected chi connectivity index (χ4v) is 3.57. The highest BCUT2D eigenvalue weighted by Gasteiger charge is 2.25. The molecular formula is C28H26ClNO9. The smallest absolute Gasteiger partial charge is 0.376 e. The molecule has 3 aromatic carbocycles. The van der Waals surface area contributed by atoms with Gasteiger partial charge in [-0.2, -0.15) is 0 Å². The van der Waals surface area contributed by atoms with Gasteiger partial charge in [0.15, 0.2) is 11.5 Å². The van der Waals surface area contributed by atoms with Crippen molar-refractivity contribution in [2.24, 2.45) is 0 Å². The third kappa shape index (κ3) is 7.71. The van der Waals surface area contributed by atoms with E-state index in [2.05, 4.69) is 10.1 Å². The first-order valence-corrected chi connectivity index (χ1v) is 11.9. The van der Waals surface area contributed by atoms with E-state index in [9.17, 15) is 19.2 Å². The van der Waals surface area contributed by atoms with Gasteiger partial charge < -0.3 is 29.0 Å². The van der Waals surface area contributed by atoms with Gasteiger partial charge in [0.05, 0.1) is 38.5 Å². The van der Waals surface area contributed by atoms with E-state index in [4.69, 9.17) is 30.5 Å². The van der Waals surface area contributed by atoms with E-state index in [1.54, 1.807) is 50.6 Å². The summed E-state index contributed by atoms with van der Waals surface area (Å²) in [6, 6.07) is 17.1. The largest absolute Gasteiger partial charge is 0.497 e. The van der Waals surface area contributed by atoms with Gasteiger partial charge in [-0.05, 0) is 47.5 Å². The molecule has 0 saturated heterocycles. The van der Waals surface area contributed by atoms with Gasteiger partial charge in [-0.1, -0.05) is 35.9 Å². The molecule has 11 heteroatoms. The number of ether oxygens (including phenoxy) is 5. The Bertz CT molecular complexity index is 1340. The number of esters is 1. The van der Waals surface area contributed by atoms with Gasteiger partial charge in [0, 0.05) is 0 Å². The van der Waals surface area contributed by atoms with Gasteiger partial charge >= 0.3 is 5.97 Å². The molecule has 0 aliphatic carbocycles. The minimum absolute atomic E-state index is 0.0466. The van der Waals surface area contributed by atoms with Crippen molar-refractivity contribution in [3.63, 3.8) is 0 Å². The highest BCUT2D eigenvalue weighted by Crippen LogP contribution is 2.39. The number of halogens is 1. The summed E-state index contributed by atoms with van der Waals surface area (Å²) in [6.45, 7) is -0.485. The Morgan fingerprint density at radius 1 is 0.744 bits per heavy atom. The number of carbonyl (C=O) groups is 4. The summed E-state index contributed by atoms with van der Waals surface area (Å²) in [4.78, 5) is 48.1. The molecule has 1 N–H and O–H groups in total. The predicted molar refractivity (Wildman–Crippen MR) is 140 cm³/mol. The molecule has 10 nitrogen and oxygen atoms in total. The second kappa shape index (κ2) is 13.8. The van der Waals surface area contributed by atoms with Crippen LogP contribution in [0.15, 0.2) is 60.7 Å². The molecule has 0 heterocycles. The number of carbonyl (C=O) groups excluding carboxylic acids is 4. The number of hydrogen-bond donors (Lipinski definition) is 1. The molecule has 0 aliphatic rings. The second-order valence-corrected chi connectivity index (χ2v) is 8.33. The molecule has 0 atom stereocenters. The topological polar surface area (TPSA) is 126 Å². The number of amides is 1. The predicted octanol–water partition coefficient (Wildman–Crippen LogP) is 3.56. The Kier molecular flexibility index (Phi) is 10.3. The zero-order valence-corrected chi connectivity index (χ0v) is 22.2. The number of nitrogens with one attached hydrogen (secondary N) is 1. The first-order valence-electron chi connectivity index (χ1n) is 11.5. The zero-order valence-electron chi connectivity index (χ0n) is 21.4. The van der Waals surface area contributed by atoms with Gasteiger partial charge in [-0.3, -0.25) is 14.4 Å². The van der Waals surface area contributed by atoms with Crippen LogP contribution in [0, 0.1) is 0 Å². The highest BCUT2D eigenvalue weighted by atomic mass is 35.5. The number of rotatable bonds is 13. The van der Waals surface area contributed by atoms with Crippen molar-refractivity contribution >= 4 is 35.0 Å². The molecule has 204 valence electrons. The molecule has 0 fully saturated rings. The number of benzene rings is 3. The lowest BCUT2D eigenvalue weighted by Gasteiger charge is -2.16. The van der Waals surface area contributed by atoms with Crippen molar-refractivity contribution in [2.45, 2.75) is 13.2 Å². The van der Waals surface area contributed by atoms with Crippen LogP contribution in [-0.4, -0.2) is 51.3 Å². The van der Waals surface area contributed by atoms with Gasteiger partial charge in [0.25, 0.3) is 17.5 Å². The van der Waals surface area contributed by atoms with Crippen LogP contribution in [0.2, 0.25) is 5.02 Å². The van der Waals surface area contributed by atoms with Crippen molar-refractivity contribution < 1.29 is 42.9 Å². The summed E-state index contributed by atoms with van der Waals surface area (Å²) in [6.07, 6.45) is 0. The molecule has 3 rings (SSSR count). The number of hydrogen-bond acceptors (Lipinski definition) is 9. The Balaban J connectivity index is 1.83. The Morgan fingerprint density at radius 3 is 1.79 bits per heavy atom. The summed E-state index contributed by atoms with van der Waals surface area (Å²) >= 11 is 6.54. The average molecular weight is 556 g/mol. The molecular weight excluding hydrogens is 530 g/mol. The lowest BCUT2D eigenvalue weighted by atomic mass is 10.1. The highest BCUT2D eigenvalue weighted by molar-refractivity contribution is 6.48. The third-order valence-corrected chi connectivity index (χ3v) is 5.81. The molecule has 0 unspecified atom stereocenters. The maximum atomic E-state index is 12.8. The molecule has 0 aromatic heterocycles. The summed E-state index contributed by atoms with van der Waals surface area (Å²) < 4.78 is 26.5. The van der Waals surface area contributed by atoms with E-state index >= 15 is 0 Å². The van der Waals surface area contributed by atoms with E-state index in [0.717, 1.165) is 18.2 Å². The molecule has 0 bridgehead atoms. The van der Waals surface area contributed by atoms with Crippen molar-refractivity contribution in [2.75, 3.05) is 27.9 Å². The first-order chi connectivity index (χ1) is 18.8. The lowest BCUT2D eigenvalue weighted by molar-refractivity contribution is -0.151. The Hall–Kier alpha value is -4.57. The normalized spacial score (nSPS) is 10.3. The molecule has 3 aromatic rings. The van der Waals surface area contributed by atoms with E-state index in [1.807, 2.05) is 12.1 Å². The summed E-state index contributed by atoms with van der Waals surface area (Å²) in [5, 5.41) is 1.93. The zero-order chi connectivity index (χ0) is 28.4.